The van der Waals surface area contributed by atoms with Gasteiger partial charge in [-0.25, -0.2) is 4.98 Å². The van der Waals surface area contributed by atoms with Crippen molar-refractivity contribution in [1.29, 1.82) is 0 Å². The molecule has 9 heteroatoms. The van der Waals surface area contributed by atoms with Gasteiger partial charge in [-0.1, -0.05) is 49.2 Å². The first-order valence-electron chi connectivity index (χ1n) is 11.4. The Balaban J connectivity index is 1.37. The third-order valence-corrected chi connectivity index (χ3v) is 6.18. The summed E-state index contributed by atoms with van der Waals surface area (Å²) in [5.74, 6) is -0.891. The monoisotopic (exact) mass is 461 g/mol. The summed E-state index contributed by atoms with van der Waals surface area (Å²) in [6.07, 6.45) is 2.88. The van der Waals surface area contributed by atoms with Gasteiger partial charge in [0.2, 0.25) is 5.91 Å². The van der Waals surface area contributed by atoms with Gasteiger partial charge in [0.1, 0.15) is 5.69 Å². The molecule has 1 aliphatic rings. The average Bonchev–Trinajstić information content (AvgIpc) is 2.84. The van der Waals surface area contributed by atoms with Gasteiger partial charge in [-0.3, -0.25) is 19.7 Å². The Morgan fingerprint density at radius 2 is 1.79 bits per heavy atom. The molecule has 0 spiro atoms. The average molecular weight is 462 g/mol. The van der Waals surface area contributed by atoms with Crippen LogP contribution in [0.15, 0.2) is 60.7 Å². The van der Waals surface area contributed by atoms with Crippen LogP contribution in [-0.4, -0.2) is 33.9 Å². The number of para-hydroxylation sites is 1. The fourth-order valence-corrected chi connectivity index (χ4v) is 4.40. The molecule has 4 rings (SSSR count). The molecule has 1 aliphatic carbocycles. The van der Waals surface area contributed by atoms with Gasteiger partial charge in [-0.05, 0) is 30.5 Å². The number of fused-ring (bicyclic) bond motifs is 1. The molecular formula is C25H27N5O4. The number of carbonyl (C=O) groups is 2. The van der Waals surface area contributed by atoms with Crippen LogP contribution in [0.4, 0.5) is 5.69 Å². The second-order valence-corrected chi connectivity index (χ2v) is 8.60. The largest absolute Gasteiger partial charge is 0.347 e. The minimum absolute atomic E-state index is 0.00282. The molecule has 1 aromatic heterocycles. The predicted octanol–water partition coefficient (Wildman–Crippen LogP) is 3.08. The minimum Gasteiger partial charge on any atom is -0.347 e. The molecule has 0 aliphatic heterocycles. The van der Waals surface area contributed by atoms with E-state index in [-0.39, 0.29) is 29.5 Å². The van der Waals surface area contributed by atoms with Crippen LogP contribution in [0.25, 0.3) is 10.9 Å². The number of nitrogens with two attached hydrogens (primary N) is 1. The second-order valence-electron chi connectivity index (χ2n) is 8.60. The van der Waals surface area contributed by atoms with E-state index in [2.05, 4.69) is 15.6 Å². The molecule has 34 heavy (non-hydrogen) atoms. The highest BCUT2D eigenvalue weighted by Gasteiger charge is 2.33. The molecule has 0 saturated heterocycles. The number of nitrogens with zero attached hydrogens (tertiary/aromatic N) is 2. The van der Waals surface area contributed by atoms with Crippen molar-refractivity contribution in [2.24, 2.45) is 11.7 Å². The minimum atomic E-state index is -0.644. The summed E-state index contributed by atoms with van der Waals surface area (Å²) in [5, 5.41) is 17.6. The van der Waals surface area contributed by atoms with Gasteiger partial charge in [0.15, 0.2) is 0 Å². The highest BCUT2D eigenvalue weighted by molar-refractivity contribution is 5.95. The zero-order valence-corrected chi connectivity index (χ0v) is 18.6. The maximum Gasteiger partial charge on any atom is 0.270 e. The molecule has 0 radical (unpaired) electrons. The Kier molecular flexibility index (Phi) is 7.12. The molecule has 2 amide bonds. The Bertz CT molecular complexity index is 1200. The molecule has 1 heterocycles. The van der Waals surface area contributed by atoms with E-state index in [9.17, 15) is 19.7 Å². The smallest absolute Gasteiger partial charge is 0.270 e. The van der Waals surface area contributed by atoms with Crippen molar-refractivity contribution < 1.29 is 14.5 Å². The number of hydrogen-bond acceptors (Lipinski definition) is 6. The number of carbonyl (C=O) groups excluding carboxylic acids is 2. The van der Waals surface area contributed by atoms with Gasteiger partial charge in [0.05, 0.1) is 22.5 Å². The number of aromatic nitrogens is 1. The predicted molar refractivity (Wildman–Crippen MR) is 128 cm³/mol. The molecule has 4 N–H and O–H groups in total. The maximum atomic E-state index is 13.0. The molecule has 1 fully saturated rings. The van der Waals surface area contributed by atoms with E-state index in [1.165, 1.54) is 12.1 Å². The lowest BCUT2D eigenvalue weighted by atomic mass is 9.83. The third-order valence-electron chi connectivity index (χ3n) is 6.18. The Morgan fingerprint density at radius 1 is 1.06 bits per heavy atom. The van der Waals surface area contributed by atoms with Crippen LogP contribution in [0.5, 0.6) is 0 Å². The Hall–Kier alpha value is -3.85. The van der Waals surface area contributed by atoms with Gasteiger partial charge in [-0.15, -0.1) is 0 Å². The highest BCUT2D eigenvalue weighted by Crippen LogP contribution is 2.25. The number of non-ortho nitro benzene ring substituents is 1. The molecule has 176 valence electrons. The van der Waals surface area contributed by atoms with Crippen LogP contribution in [-0.2, 0) is 11.2 Å². The van der Waals surface area contributed by atoms with Crippen LogP contribution in [0, 0.1) is 16.0 Å². The molecule has 3 atom stereocenters. The molecule has 2 aromatic carbocycles. The van der Waals surface area contributed by atoms with Crippen molar-refractivity contribution in [1.82, 2.24) is 15.6 Å². The summed E-state index contributed by atoms with van der Waals surface area (Å²) < 4.78 is 0. The first-order valence-corrected chi connectivity index (χ1v) is 11.4. The van der Waals surface area contributed by atoms with Gasteiger partial charge < -0.3 is 16.4 Å². The van der Waals surface area contributed by atoms with Crippen molar-refractivity contribution >= 4 is 28.4 Å². The lowest BCUT2D eigenvalue weighted by Gasteiger charge is -2.32. The van der Waals surface area contributed by atoms with Gasteiger partial charge >= 0.3 is 0 Å². The van der Waals surface area contributed by atoms with Crippen LogP contribution < -0.4 is 16.4 Å². The lowest BCUT2D eigenvalue weighted by Crippen LogP contribution is -2.52. The van der Waals surface area contributed by atoms with E-state index in [1.54, 1.807) is 18.2 Å². The third kappa shape index (κ3) is 5.55. The molecule has 3 aromatic rings. The van der Waals surface area contributed by atoms with E-state index < -0.39 is 11.1 Å². The van der Waals surface area contributed by atoms with Crippen LogP contribution in [0.3, 0.4) is 0 Å². The summed E-state index contributed by atoms with van der Waals surface area (Å²) in [7, 11) is 0. The topological polar surface area (TPSA) is 140 Å². The number of rotatable bonds is 7. The molecular weight excluding hydrogens is 434 g/mol. The first-order chi connectivity index (χ1) is 16.4. The normalized spacial score (nSPS) is 18.7. The van der Waals surface area contributed by atoms with Gasteiger partial charge in [-0.2, -0.15) is 0 Å². The Labute approximate surface area is 196 Å². The second kappa shape index (κ2) is 10.4. The Morgan fingerprint density at radius 3 is 2.56 bits per heavy atom. The lowest BCUT2D eigenvalue weighted by molar-refractivity contribution is -0.384. The number of nitrogens with one attached hydrogen (secondary N) is 2. The fourth-order valence-electron chi connectivity index (χ4n) is 4.40. The summed E-state index contributed by atoms with van der Waals surface area (Å²) in [5.41, 5.74) is 7.99. The number of pyridine rings is 1. The first kappa shape index (κ1) is 23.3. The number of benzene rings is 2. The van der Waals surface area contributed by atoms with Gasteiger partial charge in [0.25, 0.3) is 11.6 Å². The van der Waals surface area contributed by atoms with E-state index >= 15 is 0 Å². The maximum absolute atomic E-state index is 13.0. The van der Waals surface area contributed by atoms with E-state index in [0.717, 1.165) is 29.3 Å². The van der Waals surface area contributed by atoms with Crippen LogP contribution in [0.1, 0.15) is 41.7 Å². The van der Waals surface area contributed by atoms with Crippen molar-refractivity contribution in [3.05, 3.63) is 82.0 Å². The van der Waals surface area contributed by atoms with Crippen molar-refractivity contribution in [3.8, 4) is 0 Å². The molecule has 2 unspecified atom stereocenters. The highest BCUT2D eigenvalue weighted by atomic mass is 16.6. The van der Waals surface area contributed by atoms with Crippen LogP contribution >= 0.6 is 0 Å². The van der Waals surface area contributed by atoms with E-state index in [1.807, 2.05) is 30.3 Å². The number of nitro groups is 1. The fraction of sp³-hybridized carbons (Fsp3) is 0.320. The van der Waals surface area contributed by atoms with Crippen molar-refractivity contribution in [2.45, 2.75) is 44.3 Å². The van der Waals surface area contributed by atoms with Crippen molar-refractivity contribution in [3.63, 3.8) is 0 Å². The summed E-state index contributed by atoms with van der Waals surface area (Å²) in [4.78, 5) is 40.7. The van der Waals surface area contributed by atoms with Gasteiger partial charge in [0, 0.05) is 30.0 Å². The van der Waals surface area contributed by atoms with Crippen molar-refractivity contribution in [2.75, 3.05) is 0 Å². The summed E-state index contributed by atoms with van der Waals surface area (Å²) >= 11 is 0. The molecule has 9 nitrogen and oxygen atoms in total. The van der Waals surface area contributed by atoms with E-state index in [4.69, 9.17) is 5.73 Å². The zero-order valence-electron chi connectivity index (χ0n) is 18.6. The quantitative estimate of drug-likeness (QED) is 0.281. The zero-order chi connectivity index (χ0) is 24.1. The standard InChI is InChI=1S/C25H27N5O4/c26-23(15-16-9-12-18(13-10-16)30(33)34)29-24(31)19-6-2-4-8-21(19)28-25(32)22-14-11-17-5-1-3-7-20(17)27-22/h1,3,5,7,9-14,19,21,23H,2,4,6,8,15,26H2,(H,28,32)(H,29,31)/t19?,21?,23-/m0/s1. The molecule has 0 bridgehead atoms. The van der Waals surface area contributed by atoms with E-state index in [0.29, 0.717) is 25.0 Å². The molecule has 1 saturated carbocycles. The van der Waals surface area contributed by atoms with Crippen LogP contribution in [0.2, 0.25) is 0 Å². The number of amides is 2. The SMILES string of the molecule is N[C@H](Cc1ccc([N+](=O)[O-])cc1)NC(=O)C1CCCCC1NC(=O)c1ccc2ccccc2n1. The number of nitro benzene ring substituents is 1. The summed E-state index contributed by atoms with van der Waals surface area (Å²) in [6, 6.07) is 16.9. The number of hydrogen-bond donors (Lipinski definition) is 3. The summed E-state index contributed by atoms with van der Waals surface area (Å²) in [6.45, 7) is 0.